The van der Waals surface area contributed by atoms with Crippen LogP contribution in [0.15, 0.2) is 23.3 Å². The maximum atomic E-state index is 4.43. The lowest BCUT2D eigenvalue weighted by atomic mass is 10.2. The van der Waals surface area contributed by atoms with E-state index in [0.717, 1.165) is 50.3 Å². The number of hydrogen-bond donors (Lipinski definition) is 1. The van der Waals surface area contributed by atoms with E-state index in [4.69, 9.17) is 0 Å². The number of aromatic nitrogens is 1. The second-order valence-electron chi connectivity index (χ2n) is 6.35. The fourth-order valence-electron chi connectivity index (χ4n) is 2.86. The fourth-order valence-corrected chi connectivity index (χ4v) is 2.86. The highest BCUT2D eigenvalue weighted by molar-refractivity contribution is 5.80. The molecule has 1 aromatic heterocycles. The molecule has 2 rings (SSSR count). The van der Waals surface area contributed by atoms with Crippen LogP contribution in [0, 0.1) is 12.8 Å². The zero-order valence-electron chi connectivity index (χ0n) is 14.3. The number of rotatable bonds is 4. The number of hydrogen-bond acceptors (Lipinski definition) is 3. The number of aliphatic imine (C=N–C) groups is 1. The largest absolute Gasteiger partial charge is 0.351 e. The maximum absolute atomic E-state index is 4.43. The summed E-state index contributed by atoms with van der Waals surface area (Å²) in [5.74, 6) is 1.71. The molecule has 0 bridgehead atoms. The number of nitrogens with one attached hydrogen (secondary N) is 1. The van der Waals surface area contributed by atoms with Gasteiger partial charge in [0.05, 0.1) is 12.2 Å². The summed E-state index contributed by atoms with van der Waals surface area (Å²) in [5, 5.41) is 3.45. The molecule has 0 saturated carbocycles. The van der Waals surface area contributed by atoms with Crippen molar-refractivity contribution in [2.45, 2.75) is 27.3 Å². The van der Waals surface area contributed by atoms with E-state index in [1.165, 1.54) is 12.1 Å². The average molecular weight is 303 g/mol. The molecule has 0 aromatic carbocycles. The monoisotopic (exact) mass is 303 g/mol. The van der Waals surface area contributed by atoms with Gasteiger partial charge in [-0.1, -0.05) is 19.9 Å². The van der Waals surface area contributed by atoms with Crippen molar-refractivity contribution in [3.05, 3.63) is 29.6 Å². The average Bonchev–Trinajstić information content (AvgIpc) is 2.50. The molecule has 0 aliphatic carbocycles. The first-order valence-electron chi connectivity index (χ1n) is 8.18. The number of guanidine groups is 1. The molecule has 5 nitrogen and oxygen atoms in total. The molecule has 22 heavy (non-hydrogen) atoms. The summed E-state index contributed by atoms with van der Waals surface area (Å²) in [4.78, 5) is 13.7. The third-order valence-corrected chi connectivity index (χ3v) is 4.04. The first kappa shape index (κ1) is 16.7. The van der Waals surface area contributed by atoms with Crippen molar-refractivity contribution >= 4 is 5.96 Å². The fraction of sp³-hybridized carbons (Fsp3) is 0.647. The van der Waals surface area contributed by atoms with Gasteiger partial charge in [-0.25, -0.2) is 0 Å². The number of piperazine rings is 1. The molecule has 122 valence electrons. The van der Waals surface area contributed by atoms with Crippen LogP contribution in [0.3, 0.4) is 0 Å². The Hall–Kier alpha value is -1.62. The summed E-state index contributed by atoms with van der Waals surface area (Å²) in [6.07, 6.45) is 1.84. The Labute approximate surface area is 134 Å². The van der Waals surface area contributed by atoms with E-state index in [1.807, 2.05) is 19.3 Å². The molecule has 1 aromatic rings. The van der Waals surface area contributed by atoms with Crippen molar-refractivity contribution in [1.29, 1.82) is 0 Å². The molecule has 1 N–H and O–H groups in total. The van der Waals surface area contributed by atoms with Gasteiger partial charge in [0.1, 0.15) is 0 Å². The number of pyridine rings is 1. The molecular weight excluding hydrogens is 274 g/mol. The summed E-state index contributed by atoms with van der Waals surface area (Å²) < 4.78 is 0. The summed E-state index contributed by atoms with van der Waals surface area (Å²) >= 11 is 0. The Morgan fingerprint density at radius 1 is 1.32 bits per heavy atom. The van der Waals surface area contributed by atoms with Gasteiger partial charge in [-0.15, -0.1) is 0 Å². The molecule has 0 spiro atoms. The van der Waals surface area contributed by atoms with E-state index in [2.05, 4.69) is 51.9 Å². The standard InChI is InChI=1S/C17H29N5/c1-14(2)13-21-8-10-22(11-9-21)17(18-4)20-12-16-15(3)6-5-7-19-16/h5-7,14H,8-13H2,1-4H3,(H,18,20). The van der Waals surface area contributed by atoms with Gasteiger partial charge < -0.3 is 10.2 Å². The first-order valence-corrected chi connectivity index (χ1v) is 8.18. The van der Waals surface area contributed by atoms with Crippen LogP contribution in [-0.2, 0) is 6.54 Å². The predicted octanol–water partition coefficient (Wildman–Crippen LogP) is 1.74. The molecule has 0 atom stereocenters. The second-order valence-corrected chi connectivity index (χ2v) is 6.35. The molecule has 0 unspecified atom stereocenters. The predicted molar refractivity (Wildman–Crippen MR) is 92.0 cm³/mol. The van der Waals surface area contributed by atoms with Crippen molar-refractivity contribution in [2.75, 3.05) is 39.8 Å². The molecular formula is C17H29N5. The third-order valence-electron chi connectivity index (χ3n) is 4.04. The van der Waals surface area contributed by atoms with Crippen LogP contribution in [0.1, 0.15) is 25.1 Å². The molecule has 1 saturated heterocycles. The van der Waals surface area contributed by atoms with Gasteiger partial charge in [-0.05, 0) is 24.5 Å². The van der Waals surface area contributed by atoms with Crippen molar-refractivity contribution in [2.24, 2.45) is 10.9 Å². The van der Waals surface area contributed by atoms with E-state index < -0.39 is 0 Å². The van der Waals surface area contributed by atoms with Crippen molar-refractivity contribution < 1.29 is 0 Å². The van der Waals surface area contributed by atoms with Crippen LogP contribution < -0.4 is 5.32 Å². The highest BCUT2D eigenvalue weighted by atomic mass is 15.3. The Morgan fingerprint density at radius 2 is 2.05 bits per heavy atom. The quantitative estimate of drug-likeness (QED) is 0.680. The van der Waals surface area contributed by atoms with E-state index in [1.54, 1.807) is 0 Å². The molecule has 0 amide bonds. The number of aryl methyl sites for hydroxylation is 1. The van der Waals surface area contributed by atoms with E-state index >= 15 is 0 Å². The van der Waals surface area contributed by atoms with E-state index in [-0.39, 0.29) is 0 Å². The molecule has 1 fully saturated rings. The molecule has 2 heterocycles. The van der Waals surface area contributed by atoms with Gasteiger partial charge in [0.15, 0.2) is 5.96 Å². The topological polar surface area (TPSA) is 43.8 Å². The zero-order valence-corrected chi connectivity index (χ0v) is 14.3. The normalized spacial score (nSPS) is 17.1. The molecule has 1 aliphatic heterocycles. The zero-order chi connectivity index (χ0) is 15.9. The van der Waals surface area contributed by atoms with Gasteiger partial charge >= 0.3 is 0 Å². The lowest BCUT2D eigenvalue weighted by Gasteiger charge is -2.37. The molecule has 1 aliphatic rings. The smallest absolute Gasteiger partial charge is 0.194 e. The number of nitrogens with zero attached hydrogens (tertiary/aromatic N) is 4. The van der Waals surface area contributed by atoms with Crippen molar-refractivity contribution in [3.8, 4) is 0 Å². The molecule has 0 radical (unpaired) electrons. The molecule has 5 heteroatoms. The Balaban J connectivity index is 1.84. The van der Waals surface area contributed by atoms with Gasteiger partial charge in [-0.3, -0.25) is 14.9 Å². The van der Waals surface area contributed by atoms with Crippen molar-refractivity contribution in [3.63, 3.8) is 0 Å². The minimum Gasteiger partial charge on any atom is -0.351 e. The second kappa shape index (κ2) is 8.13. The maximum Gasteiger partial charge on any atom is 0.194 e. The van der Waals surface area contributed by atoms with Gasteiger partial charge in [0.25, 0.3) is 0 Å². The van der Waals surface area contributed by atoms with E-state index in [9.17, 15) is 0 Å². The van der Waals surface area contributed by atoms with Crippen LogP contribution in [0.2, 0.25) is 0 Å². The van der Waals surface area contributed by atoms with Crippen LogP contribution in [0.25, 0.3) is 0 Å². The van der Waals surface area contributed by atoms with Gasteiger partial charge in [0, 0.05) is 46.0 Å². The first-order chi connectivity index (χ1) is 10.6. The van der Waals surface area contributed by atoms with E-state index in [0.29, 0.717) is 0 Å². The lowest BCUT2D eigenvalue weighted by molar-refractivity contribution is 0.164. The van der Waals surface area contributed by atoms with Gasteiger partial charge in [0.2, 0.25) is 0 Å². The highest BCUT2D eigenvalue weighted by Crippen LogP contribution is 2.07. The summed E-state index contributed by atoms with van der Waals surface area (Å²) in [7, 11) is 1.86. The SMILES string of the molecule is CN=C(NCc1ncccc1C)N1CCN(CC(C)C)CC1. The van der Waals surface area contributed by atoms with Crippen LogP contribution in [0.4, 0.5) is 0 Å². The Bertz CT molecular complexity index is 490. The van der Waals surface area contributed by atoms with Crippen molar-refractivity contribution in [1.82, 2.24) is 20.1 Å². The van der Waals surface area contributed by atoms with Crippen LogP contribution in [-0.4, -0.2) is 60.5 Å². The third kappa shape index (κ3) is 4.70. The lowest BCUT2D eigenvalue weighted by Crippen LogP contribution is -2.52. The summed E-state index contributed by atoms with van der Waals surface area (Å²) in [6, 6.07) is 4.07. The summed E-state index contributed by atoms with van der Waals surface area (Å²) in [5.41, 5.74) is 2.30. The Kier molecular flexibility index (Phi) is 6.19. The van der Waals surface area contributed by atoms with Crippen LogP contribution in [0.5, 0.6) is 0 Å². The minimum atomic E-state index is 0.728. The minimum absolute atomic E-state index is 0.728. The summed E-state index contributed by atoms with van der Waals surface area (Å²) in [6.45, 7) is 12.9. The van der Waals surface area contributed by atoms with Crippen LogP contribution >= 0.6 is 0 Å². The Morgan fingerprint density at radius 3 is 2.64 bits per heavy atom. The highest BCUT2D eigenvalue weighted by Gasteiger charge is 2.19. The van der Waals surface area contributed by atoms with Gasteiger partial charge in [-0.2, -0.15) is 0 Å².